The van der Waals surface area contributed by atoms with E-state index >= 15 is 0 Å². The first-order valence-electron chi connectivity index (χ1n) is 6.88. The molecule has 0 saturated carbocycles. The van der Waals surface area contributed by atoms with E-state index in [1.54, 1.807) is 24.3 Å². The average Bonchev–Trinajstić information content (AvgIpc) is 2.45. The van der Waals surface area contributed by atoms with Crippen LogP contribution >= 0.6 is 11.6 Å². The lowest BCUT2D eigenvalue weighted by Gasteiger charge is -2.27. The van der Waals surface area contributed by atoms with Crippen LogP contribution in [-0.4, -0.2) is 16.8 Å². The molecule has 2 N–H and O–H groups in total. The van der Waals surface area contributed by atoms with Crippen LogP contribution in [0.4, 0.5) is 5.69 Å². The van der Waals surface area contributed by atoms with Gasteiger partial charge in [-0.1, -0.05) is 29.8 Å². The Kier molecular flexibility index (Phi) is 4.86. The van der Waals surface area contributed by atoms with Gasteiger partial charge in [-0.25, -0.2) is 0 Å². The summed E-state index contributed by atoms with van der Waals surface area (Å²) in [5.74, 6) is -0.0238. The number of anilines is 1. The van der Waals surface area contributed by atoms with Crippen LogP contribution in [0.25, 0.3) is 0 Å². The third-order valence-electron chi connectivity index (χ3n) is 3.29. The van der Waals surface area contributed by atoms with Gasteiger partial charge in [0.2, 0.25) is 0 Å². The lowest BCUT2D eigenvalue weighted by Crippen LogP contribution is -2.36. The standard InChI is InChI=1S/C17H19ClN2O/c1-12(2)20(11-13-6-8-16(19)9-7-13)17(21)14-4-3-5-15(18)10-14/h3-10,12H,11,19H2,1-2H3. The van der Waals surface area contributed by atoms with Gasteiger partial charge in [0, 0.05) is 28.9 Å². The molecule has 0 unspecified atom stereocenters. The van der Waals surface area contributed by atoms with Gasteiger partial charge in [-0.3, -0.25) is 4.79 Å². The summed E-state index contributed by atoms with van der Waals surface area (Å²) in [5.41, 5.74) is 8.06. The van der Waals surface area contributed by atoms with Crippen molar-refractivity contribution in [3.05, 3.63) is 64.7 Å². The highest BCUT2D eigenvalue weighted by atomic mass is 35.5. The first-order chi connectivity index (χ1) is 9.97. The molecule has 0 aromatic heterocycles. The van der Waals surface area contributed by atoms with Crippen molar-refractivity contribution in [3.63, 3.8) is 0 Å². The second-order valence-corrected chi connectivity index (χ2v) is 5.72. The molecular weight excluding hydrogens is 284 g/mol. The average molecular weight is 303 g/mol. The van der Waals surface area contributed by atoms with Crippen molar-refractivity contribution in [3.8, 4) is 0 Å². The number of carbonyl (C=O) groups is 1. The monoisotopic (exact) mass is 302 g/mol. The molecule has 4 heteroatoms. The minimum Gasteiger partial charge on any atom is -0.399 e. The molecule has 21 heavy (non-hydrogen) atoms. The SMILES string of the molecule is CC(C)N(Cc1ccc(N)cc1)C(=O)c1cccc(Cl)c1. The molecular formula is C17H19ClN2O. The van der Waals surface area contributed by atoms with Crippen LogP contribution in [0.3, 0.4) is 0 Å². The largest absolute Gasteiger partial charge is 0.399 e. The van der Waals surface area contributed by atoms with E-state index in [4.69, 9.17) is 17.3 Å². The number of halogens is 1. The molecule has 2 aromatic rings. The van der Waals surface area contributed by atoms with E-state index in [1.807, 2.05) is 43.0 Å². The van der Waals surface area contributed by atoms with Crippen LogP contribution in [0, 0.1) is 0 Å². The number of amides is 1. The Morgan fingerprint density at radius 3 is 2.43 bits per heavy atom. The van der Waals surface area contributed by atoms with Gasteiger partial charge in [0.05, 0.1) is 0 Å². The van der Waals surface area contributed by atoms with Crippen LogP contribution in [0.1, 0.15) is 29.8 Å². The van der Waals surface area contributed by atoms with Crippen molar-refractivity contribution in [1.82, 2.24) is 4.90 Å². The van der Waals surface area contributed by atoms with E-state index in [0.717, 1.165) is 11.3 Å². The van der Waals surface area contributed by atoms with Crippen molar-refractivity contribution >= 4 is 23.2 Å². The third kappa shape index (κ3) is 3.99. The zero-order valence-corrected chi connectivity index (χ0v) is 13.0. The van der Waals surface area contributed by atoms with Gasteiger partial charge in [-0.15, -0.1) is 0 Å². The van der Waals surface area contributed by atoms with E-state index in [0.29, 0.717) is 17.1 Å². The maximum Gasteiger partial charge on any atom is 0.254 e. The topological polar surface area (TPSA) is 46.3 Å². The number of rotatable bonds is 4. The van der Waals surface area contributed by atoms with Crippen LogP contribution in [0.2, 0.25) is 5.02 Å². The highest BCUT2D eigenvalue weighted by Gasteiger charge is 2.19. The highest BCUT2D eigenvalue weighted by molar-refractivity contribution is 6.30. The van der Waals surface area contributed by atoms with Gasteiger partial charge in [-0.2, -0.15) is 0 Å². The predicted octanol–water partition coefficient (Wildman–Crippen LogP) is 3.97. The molecule has 0 radical (unpaired) electrons. The van der Waals surface area contributed by atoms with Gasteiger partial charge in [-0.05, 0) is 49.7 Å². The van der Waals surface area contributed by atoms with Crippen molar-refractivity contribution in [2.75, 3.05) is 5.73 Å². The van der Waals surface area contributed by atoms with Gasteiger partial charge in [0.25, 0.3) is 5.91 Å². The molecule has 3 nitrogen and oxygen atoms in total. The molecule has 2 rings (SSSR count). The Morgan fingerprint density at radius 1 is 1.19 bits per heavy atom. The number of hydrogen-bond acceptors (Lipinski definition) is 2. The second kappa shape index (κ2) is 6.64. The lowest BCUT2D eigenvalue weighted by atomic mass is 10.1. The first kappa shape index (κ1) is 15.4. The summed E-state index contributed by atoms with van der Waals surface area (Å²) in [4.78, 5) is 14.5. The van der Waals surface area contributed by atoms with E-state index in [-0.39, 0.29) is 11.9 Å². The maximum atomic E-state index is 12.7. The normalized spacial score (nSPS) is 10.7. The number of nitrogen functional groups attached to an aromatic ring is 1. The number of hydrogen-bond donors (Lipinski definition) is 1. The van der Waals surface area contributed by atoms with Crippen LogP contribution in [0.15, 0.2) is 48.5 Å². The number of benzene rings is 2. The Hall–Kier alpha value is -2.00. The van der Waals surface area contributed by atoms with Crippen molar-refractivity contribution in [2.45, 2.75) is 26.4 Å². The van der Waals surface area contributed by atoms with Gasteiger partial charge in [0.15, 0.2) is 0 Å². The van der Waals surface area contributed by atoms with Crippen molar-refractivity contribution < 1.29 is 4.79 Å². The molecule has 0 aliphatic heterocycles. The van der Waals surface area contributed by atoms with E-state index in [9.17, 15) is 4.79 Å². The Morgan fingerprint density at radius 2 is 1.86 bits per heavy atom. The minimum absolute atomic E-state index is 0.0238. The number of carbonyl (C=O) groups excluding carboxylic acids is 1. The fraction of sp³-hybridized carbons (Fsp3) is 0.235. The molecule has 110 valence electrons. The summed E-state index contributed by atoms with van der Waals surface area (Å²) in [6.07, 6.45) is 0. The second-order valence-electron chi connectivity index (χ2n) is 5.28. The zero-order chi connectivity index (χ0) is 15.4. The predicted molar refractivity (Wildman–Crippen MR) is 87.3 cm³/mol. The molecule has 0 fully saturated rings. The summed E-state index contributed by atoms with van der Waals surface area (Å²) in [6, 6.07) is 14.7. The van der Waals surface area contributed by atoms with E-state index in [1.165, 1.54) is 0 Å². The third-order valence-corrected chi connectivity index (χ3v) is 3.52. The molecule has 2 aromatic carbocycles. The van der Waals surface area contributed by atoms with Gasteiger partial charge in [0.1, 0.15) is 0 Å². The van der Waals surface area contributed by atoms with Crippen LogP contribution < -0.4 is 5.73 Å². The number of nitrogens with zero attached hydrogens (tertiary/aromatic N) is 1. The van der Waals surface area contributed by atoms with E-state index < -0.39 is 0 Å². The summed E-state index contributed by atoms with van der Waals surface area (Å²) in [7, 11) is 0. The van der Waals surface area contributed by atoms with Crippen molar-refractivity contribution in [1.29, 1.82) is 0 Å². The van der Waals surface area contributed by atoms with Crippen molar-refractivity contribution in [2.24, 2.45) is 0 Å². The highest BCUT2D eigenvalue weighted by Crippen LogP contribution is 2.17. The van der Waals surface area contributed by atoms with E-state index in [2.05, 4.69) is 0 Å². The fourth-order valence-electron chi connectivity index (χ4n) is 2.10. The molecule has 0 heterocycles. The molecule has 0 saturated heterocycles. The molecule has 1 amide bonds. The Labute approximate surface area is 130 Å². The maximum absolute atomic E-state index is 12.7. The van der Waals surface area contributed by atoms with Crippen LogP contribution in [0.5, 0.6) is 0 Å². The summed E-state index contributed by atoms with van der Waals surface area (Å²) < 4.78 is 0. The lowest BCUT2D eigenvalue weighted by molar-refractivity contribution is 0.0690. The molecule has 0 atom stereocenters. The minimum atomic E-state index is -0.0238. The first-order valence-corrected chi connectivity index (χ1v) is 7.26. The molecule has 0 bridgehead atoms. The zero-order valence-electron chi connectivity index (χ0n) is 12.2. The quantitative estimate of drug-likeness (QED) is 0.869. The summed E-state index contributed by atoms with van der Waals surface area (Å²) in [6.45, 7) is 4.54. The summed E-state index contributed by atoms with van der Waals surface area (Å²) in [5, 5.41) is 0.567. The fourth-order valence-corrected chi connectivity index (χ4v) is 2.29. The Balaban J connectivity index is 2.22. The smallest absolute Gasteiger partial charge is 0.254 e. The molecule has 0 aliphatic carbocycles. The van der Waals surface area contributed by atoms with Crippen LogP contribution in [-0.2, 0) is 6.54 Å². The molecule has 0 spiro atoms. The summed E-state index contributed by atoms with van der Waals surface area (Å²) >= 11 is 5.97. The molecule has 0 aliphatic rings. The van der Waals surface area contributed by atoms with Gasteiger partial charge >= 0.3 is 0 Å². The van der Waals surface area contributed by atoms with Gasteiger partial charge < -0.3 is 10.6 Å². The number of nitrogens with two attached hydrogens (primary N) is 1. The Bertz CT molecular complexity index is 623.